The highest BCUT2D eigenvalue weighted by Crippen LogP contribution is 2.40. The number of imidazole rings is 1. The molecule has 32 heavy (non-hydrogen) atoms. The lowest BCUT2D eigenvalue weighted by Gasteiger charge is -2.30. The van der Waals surface area contributed by atoms with Crippen molar-refractivity contribution in [3.8, 4) is 0 Å². The molecule has 3 aromatic rings. The average Bonchev–Trinajstić information content (AvgIpc) is 3.13. The number of aromatic nitrogens is 2. The fourth-order valence-corrected chi connectivity index (χ4v) is 3.42. The summed E-state index contributed by atoms with van der Waals surface area (Å²) in [5.41, 5.74) is -2.83. The minimum atomic E-state index is -5.19. The van der Waals surface area contributed by atoms with Crippen molar-refractivity contribution in [1.29, 1.82) is 0 Å². The maximum absolute atomic E-state index is 13.8. The highest BCUT2D eigenvalue weighted by atomic mass is 19.4. The summed E-state index contributed by atoms with van der Waals surface area (Å²) >= 11 is 0. The molecule has 0 aliphatic carbocycles. The molecule has 3 rings (SSSR count). The van der Waals surface area contributed by atoms with E-state index in [1.54, 1.807) is 6.07 Å². The number of alkyl halides is 3. The Labute approximate surface area is 180 Å². The third-order valence-corrected chi connectivity index (χ3v) is 4.99. The summed E-state index contributed by atoms with van der Waals surface area (Å²) in [4.78, 5) is 16.2. The Balaban J connectivity index is 1.89. The van der Waals surface area contributed by atoms with Gasteiger partial charge in [0.2, 0.25) is 11.5 Å². The van der Waals surface area contributed by atoms with Crippen molar-refractivity contribution in [3.63, 3.8) is 0 Å². The number of nitrogens with one attached hydrogen (secondary N) is 1. The van der Waals surface area contributed by atoms with Gasteiger partial charge in [-0.05, 0) is 41.8 Å². The molecule has 1 aromatic heterocycles. The second-order valence-corrected chi connectivity index (χ2v) is 7.41. The summed E-state index contributed by atoms with van der Waals surface area (Å²) in [6.07, 6.45) is -4.29. The number of benzene rings is 2. The molecule has 0 fully saturated rings. The molecule has 0 saturated heterocycles. The van der Waals surface area contributed by atoms with E-state index < -0.39 is 47.6 Å². The standard InChI is InChI=1S/C22H20F5N3O2/c1-30-9-8-28-20(30)21(32,22(25,26)27)13-19(31)29-18(15-5-3-7-17(24)12-15)11-14-4-2-6-16(23)10-14/h2-10,12,18,32H,11,13H2,1H3,(H,29,31). The van der Waals surface area contributed by atoms with Crippen molar-refractivity contribution < 1.29 is 31.9 Å². The molecular weight excluding hydrogens is 433 g/mol. The smallest absolute Gasteiger partial charge is 0.374 e. The molecule has 5 nitrogen and oxygen atoms in total. The van der Waals surface area contributed by atoms with E-state index >= 15 is 0 Å². The monoisotopic (exact) mass is 453 g/mol. The minimum absolute atomic E-state index is 0.0141. The molecule has 2 N–H and O–H groups in total. The number of hydrogen-bond donors (Lipinski definition) is 2. The first-order chi connectivity index (χ1) is 15.0. The predicted molar refractivity (Wildman–Crippen MR) is 105 cm³/mol. The molecule has 170 valence electrons. The van der Waals surface area contributed by atoms with Crippen LogP contribution in [-0.2, 0) is 23.9 Å². The Morgan fingerprint density at radius 1 is 1.12 bits per heavy atom. The maximum Gasteiger partial charge on any atom is 0.425 e. The van der Waals surface area contributed by atoms with Crippen molar-refractivity contribution >= 4 is 5.91 Å². The van der Waals surface area contributed by atoms with E-state index in [0.29, 0.717) is 5.56 Å². The predicted octanol–water partition coefficient (Wildman–Crippen LogP) is 3.94. The quantitative estimate of drug-likeness (QED) is 0.533. The number of hydrogen-bond acceptors (Lipinski definition) is 3. The Morgan fingerprint density at radius 3 is 2.34 bits per heavy atom. The number of aryl methyl sites for hydroxylation is 1. The highest BCUT2D eigenvalue weighted by molar-refractivity contribution is 5.78. The molecule has 0 saturated carbocycles. The summed E-state index contributed by atoms with van der Waals surface area (Å²) in [5, 5.41) is 12.8. The molecule has 0 bridgehead atoms. The normalized spacial score (nSPS) is 14.6. The van der Waals surface area contributed by atoms with Crippen LogP contribution >= 0.6 is 0 Å². The van der Waals surface area contributed by atoms with Crippen LogP contribution in [0.4, 0.5) is 22.0 Å². The van der Waals surface area contributed by atoms with Gasteiger partial charge >= 0.3 is 6.18 Å². The summed E-state index contributed by atoms with van der Waals surface area (Å²) in [6.45, 7) is 0. The summed E-state index contributed by atoms with van der Waals surface area (Å²) < 4.78 is 69.5. The lowest BCUT2D eigenvalue weighted by Crippen LogP contribution is -2.48. The fraction of sp³-hybridized carbons (Fsp3) is 0.273. The van der Waals surface area contributed by atoms with Crippen LogP contribution in [0.2, 0.25) is 0 Å². The van der Waals surface area contributed by atoms with Gasteiger partial charge in [-0.15, -0.1) is 0 Å². The molecule has 1 heterocycles. The summed E-state index contributed by atoms with van der Waals surface area (Å²) in [6, 6.07) is 9.64. The zero-order chi connectivity index (χ0) is 23.5. The van der Waals surface area contributed by atoms with Crippen LogP contribution in [0.15, 0.2) is 60.9 Å². The van der Waals surface area contributed by atoms with Crippen LogP contribution in [-0.4, -0.2) is 26.7 Å². The molecule has 2 aromatic carbocycles. The van der Waals surface area contributed by atoms with Crippen molar-refractivity contribution in [3.05, 3.63) is 89.5 Å². The zero-order valence-corrected chi connectivity index (χ0v) is 16.9. The van der Waals surface area contributed by atoms with Crippen LogP contribution in [0.3, 0.4) is 0 Å². The molecule has 0 aliphatic rings. The van der Waals surface area contributed by atoms with E-state index in [1.807, 2.05) is 0 Å². The van der Waals surface area contributed by atoms with Crippen molar-refractivity contribution in [1.82, 2.24) is 14.9 Å². The summed E-state index contributed by atoms with van der Waals surface area (Å²) in [5.74, 6) is -3.03. The van der Waals surface area contributed by atoms with Crippen LogP contribution in [0.25, 0.3) is 0 Å². The van der Waals surface area contributed by atoms with E-state index in [0.717, 1.165) is 16.8 Å². The topological polar surface area (TPSA) is 67.1 Å². The Morgan fingerprint density at radius 2 is 1.78 bits per heavy atom. The van der Waals surface area contributed by atoms with E-state index in [4.69, 9.17) is 0 Å². The van der Waals surface area contributed by atoms with E-state index in [1.165, 1.54) is 49.6 Å². The number of nitrogens with zero attached hydrogens (tertiary/aromatic N) is 2. The van der Waals surface area contributed by atoms with Gasteiger partial charge in [-0.1, -0.05) is 24.3 Å². The maximum atomic E-state index is 13.8. The molecule has 10 heteroatoms. The fourth-order valence-electron chi connectivity index (χ4n) is 3.42. The third-order valence-electron chi connectivity index (χ3n) is 4.99. The number of rotatable bonds is 7. The van der Waals surface area contributed by atoms with Gasteiger partial charge in [-0.2, -0.15) is 13.2 Å². The van der Waals surface area contributed by atoms with Gasteiger partial charge in [0.1, 0.15) is 11.6 Å². The highest BCUT2D eigenvalue weighted by Gasteiger charge is 2.58. The van der Waals surface area contributed by atoms with Gasteiger partial charge in [-0.25, -0.2) is 13.8 Å². The van der Waals surface area contributed by atoms with E-state index in [-0.39, 0.29) is 12.0 Å². The van der Waals surface area contributed by atoms with Gasteiger partial charge in [0.25, 0.3) is 0 Å². The Kier molecular flexibility index (Phi) is 6.63. The second kappa shape index (κ2) is 9.07. The Hall–Kier alpha value is -3.27. The van der Waals surface area contributed by atoms with Gasteiger partial charge in [0.05, 0.1) is 12.5 Å². The first-order valence-electron chi connectivity index (χ1n) is 9.56. The van der Waals surface area contributed by atoms with Crippen molar-refractivity contribution in [2.45, 2.75) is 30.7 Å². The van der Waals surface area contributed by atoms with E-state index in [9.17, 15) is 31.9 Å². The third kappa shape index (κ3) is 5.13. The molecule has 0 aliphatic heterocycles. The lowest BCUT2D eigenvalue weighted by atomic mass is 9.95. The molecule has 0 radical (unpaired) electrons. The zero-order valence-electron chi connectivity index (χ0n) is 16.9. The van der Waals surface area contributed by atoms with Crippen LogP contribution < -0.4 is 5.32 Å². The molecule has 1 amide bonds. The van der Waals surface area contributed by atoms with Crippen molar-refractivity contribution in [2.75, 3.05) is 0 Å². The molecule has 0 spiro atoms. The van der Waals surface area contributed by atoms with Gasteiger partial charge in [0.15, 0.2) is 5.82 Å². The number of amides is 1. The van der Waals surface area contributed by atoms with Gasteiger partial charge < -0.3 is 15.0 Å². The number of carbonyl (C=O) groups is 1. The van der Waals surface area contributed by atoms with Gasteiger partial charge in [-0.3, -0.25) is 4.79 Å². The summed E-state index contributed by atoms with van der Waals surface area (Å²) in [7, 11) is 1.26. The van der Waals surface area contributed by atoms with Crippen LogP contribution in [0.1, 0.15) is 29.4 Å². The molecule has 2 unspecified atom stereocenters. The SMILES string of the molecule is Cn1ccnc1C(O)(CC(=O)NC(Cc1cccc(F)c1)c1cccc(F)c1)C(F)(F)F. The number of halogens is 5. The second-order valence-electron chi connectivity index (χ2n) is 7.41. The number of carbonyl (C=O) groups excluding carboxylic acids is 1. The minimum Gasteiger partial charge on any atom is -0.374 e. The van der Waals surface area contributed by atoms with Crippen LogP contribution in [0, 0.1) is 11.6 Å². The largest absolute Gasteiger partial charge is 0.425 e. The van der Waals surface area contributed by atoms with E-state index in [2.05, 4.69) is 10.3 Å². The molecular formula is C22H20F5N3O2. The first kappa shape index (κ1) is 23.4. The lowest BCUT2D eigenvalue weighted by molar-refractivity contribution is -0.271. The van der Waals surface area contributed by atoms with Gasteiger partial charge in [0, 0.05) is 19.4 Å². The average molecular weight is 453 g/mol. The van der Waals surface area contributed by atoms with Crippen molar-refractivity contribution in [2.24, 2.45) is 7.05 Å². The first-order valence-corrected chi connectivity index (χ1v) is 9.56. The van der Waals surface area contributed by atoms with Crippen LogP contribution in [0.5, 0.6) is 0 Å². The Bertz CT molecular complexity index is 1100. The number of aliphatic hydroxyl groups is 1. The molecule has 2 atom stereocenters.